The number of rotatable bonds is 5. The highest BCUT2D eigenvalue weighted by Gasteiger charge is 2.12. The van der Waals surface area contributed by atoms with Gasteiger partial charge in [0, 0.05) is 11.9 Å². The monoisotopic (exact) mass is 258 g/mol. The van der Waals surface area contributed by atoms with E-state index in [4.69, 9.17) is 0 Å². The summed E-state index contributed by atoms with van der Waals surface area (Å²) in [5, 5.41) is 7.98. The molecule has 2 rings (SSSR count). The summed E-state index contributed by atoms with van der Waals surface area (Å²) in [7, 11) is 0. The molecule has 0 aliphatic heterocycles. The Balaban J connectivity index is 2.30. The van der Waals surface area contributed by atoms with Gasteiger partial charge in [-0.1, -0.05) is 6.92 Å². The third kappa shape index (κ3) is 3.01. The van der Waals surface area contributed by atoms with Gasteiger partial charge < -0.3 is 5.32 Å². The van der Waals surface area contributed by atoms with Crippen molar-refractivity contribution in [3.63, 3.8) is 0 Å². The van der Waals surface area contributed by atoms with Gasteiger partial charge in [0.15, 0.2) is 5.82 Å². The average molecular weight is 258 g/mol. The second-order valence-corrected chi connectivity index (χ2v) is 4.86. The number of hydrogen-bond donors (Lipinski definition) is 1. The molecule has 102 valence electrons. The van der Waals surface area contributed by atoms with Gasteiger partial charge in [0.1, 0.15) is 0 Å². The predicted molar refractivity (Wildman–Crippen MR) is 77.8 cm³/mol. The van der Waals surface area contributed by atoms with Crippen LogP contribution in [-0.4, -0.2) is 27.9 Å². The maximum absolute atomic E-state index is 4.63. The molecule has 0 amide bonds. The van der Waals surface area contributed by atoms with Crippen molar-refractivity contribution in [1.82, 2.24) is 20.1 Å². The van der Waals surface area contributed by atoms with Crippen molar-refractivity contribution in [3.8, 4) is 5.82 Å². The van der Waals surface area contributed by atoms with E-state index in [1.807, 2.05) is 16.9 Å². The van der Waals surface area contributed by atoms with Gasteiger partial charge in [-0.2, -0.15) is 5.10 Å². The van der Waals surface area contributed by atoms with E-state index in [0.717, 1.165) is 31.0 Å². The van der Waals surface area contributed by atoms with Gasteiger partial charge in [-0.15, -0.1) is 0 Å². The van der Waals surface area contributed by atoms with Crippen LogP contribution in [0.3, 0.4) is 0 Å². The van der Waals surface area contributed by atoms with Crippen molar-refractivity contribution >= 4 is 0 Å². The zero-order valence-electron chi connectivity index (χ0n) is 12.2. The first-order valence-electron chi connectivity index (χ1n) is 6.82. The molecule has 0 radical (unpaired) electrons. The van der Waals surface area contributed by atoms with Crippen LogP contribution in [-0.2, 0) is 6.42 Å². The topological polar surface area (TPSA) is 42.7 Å². The molecule has 0 spiro atoms. The first-order valence-corrected chi connectivity index (χ1v) is 6.82. The standard InChI is InChI=1S/C15H22N4/c1-5-16-8-7-14-12(3)18-19(13(14)4)15-10-11(2)6-9-17-15/h6,9-10,16H,5,7-8H2,1-4H3. The van der Waals surface area contributed by atoms with Crippen LogP contribution in [0, 0.1) is 20.8 Å². The first kappa shape index (κ1) is 13.7. The van der Waals surface area contributed by atoms with E-state index in [2.05, 4.69) is 49.2 Å². The summed E-state index contributed by atoms with van der Waals surface area (Å²) < 4.78 is 1.95. The zero-order chi connectivity index (χ0) is 13.8. The molecule has 0 aliphatic carbocycles. The van der Waals surface area contributed by atoms with Crippen molar-refractivity contribution in [2.75, 3.05) is 13.1 Å². The lowest BCUT2D eigenvalue weighted by molar-refractivity contribution is 0.712. The summed E-state index contributed by atoms with van der Waals surface area (Å²) in [6, 6.07) is 4.06. The molecule has 0 atom stereocenters. The van der Waals surface area contributed by atoms with Crippen LogP contribution in [0.2, 0.25) is 0 Å². The molecule has 0 aliphatic rings. The molecule has 4 nitrogen and oxygen atoms in total. The highest BCUT2D eigenvalue weighted by molar-refractivity contribution is 5.34. The third-order valence-electron chi connectivity index (χ3n) is 3.36. The zero-order valence-corrected chi connectivity index (χ0v) is 12.2. The average Bonchev–Trinajstić information content (AvgIpc) is 2.67. The van der Waals surface area contributed by atoms with E-state index >= 15 is 0 Å². The summed E-state index contributed by atoms with van der Waals surface area (Å²) in [5.74, 6) is 0.898. The molecule has 2 aromatic heterocycles. The Bertz CT molecular complexity index is 557. The van der Waals surface area contributed by atoms with Crippen molar-refractivity contribution < 1.29 is 0 Å². The van der Waals surface area contributed by atoms with Gasteiger partial charge in [-0.05, 0) is 63.5 Å². The van der Waals surface area contributed by atoms with Crippen LogP contribution in [0.5, 0.6) is 0 Å². The van der Waals surface area contributed by atoms with Crippen LogP contribution in [0.25, 0.3) is 5.82 Å². The normalized spacial score (nSPS) is 10.9. The maximum atomic E-state index is 4.63. The minimum absolute atomic E-state index is 0.898. The largest absolute Gasteiger partial charge is 0.317 e. The van der Waals surface area contributed by atoms with E-state index < -0.39 is 0 Å². The summed E-state index contributed by atoms with van der Waals surface area (Å²) in [6.07, 6.45) is 2.84. The Kier molecular flexibility index (Phi) is 4.32. The minimum atomic E-state index is 0.898. The van der Waals surface area contributed by atoms with E-state index in [1.165, 1.54) is 16.8 Å². The highest BCUT2D eigenvalue weighted by atomic mass is 15.3. The third-order valence-corrected chi connectivity index (χ3v) is 3.36. The van der Waals surface area contributed by atoms with Crippen LogP contribution >= 0.6 is 0 Å². The number of nitrogens with zero attached hydrogens (tertiary/aromatic N) is 3. The molecule has 0 bridgehead atoms. The van der Waals surface area contributed by atoms with Crippen LogP contribution < -0.4 is 5.32 Å². The molecular formula is C15H22N4. The minimum Gasteiger partial charge on any atom is -0.317 e. The molecule has 2 aromatic rings. The number of aryl methyl sites for hydroxylation is 2. The second kappa shape index (κ2) is 5.97. The summed E-state index contributed by atoms with van der Waals surface area (Å²) in [4.78, 5) is 4.41. The van der Waals surface area contributed by atoms with Crippen molar-refractivity contribution in [1.29, 1.82) is 0 Å². The predicted octanol–water partition coefficient (Wildman–Crippen LogP) is 2.34. The maximum Gasteiger partial charge on any atom is 0.153 e. The molecule has 0 saturated heterocycles. The first-order chi connectivity index (χ1) is 9.13. The Morgan fingerprint density at radius 1 is 1.26 bits per heavy atom. The van der Waals surface area contributed by atoms with Crippen LogP contribution in [0.1, 0.15) is 29.4 Å². The van der Waals surface area contributed by atoms with E-state index in [0.29, 0.717) is 0 Å². The molecule has 0 saturated carbocycles. The SMILES string of the molecule is CCNCCc1c(C)nn(-c2cc(C)ccn2)c1C. The van der Waals surface area contributed by atoms with Crippen molar-refractivity contribution in [2.45, 2.75) is 34.1 Å². The van der Waals surface area contributed by atoms with Gasteiger partial charge in [-0.3, -0.25) is 0 Å². The van der Waals surface area contributed by atoms with Crippen LogP contribution in [0.15, 0.2) is 18.3 Å². The lowest BCUT2D eigenvalue weighted by Crippen LogP contribution is -2.16. The lowest BCUT2D eigenvalue weighted by Gasteiger charge is -2.05. The molecule has 19 heavy (non-hydrogen) atoms. The van der Waals surface area contributed by atoms with Gasteiger partial charge in [0.05, 0.1) is 5.69 Å². The molecule has 0 fully saturated rings. The van der Waals surface area contributed by atoms with Crippen molar-refractivity contribution in [3.05, 3.63) is 40.8 Å². The van der Waals surface area contributed by atoms with Gasteiger partial charge in [0.2, 0.25) is 0 Å². The summed E-state index contributed by atoms with van der Waals surface area (Å²) >= 11 is 0. The fourth-order valence-electron chi connectivity index (χ4n) is 2.29. The Hall–Kier alpha value is -1.68. The van der Waals surface area contributed by atoms with Gasteiger partial charge >= 0.3 is 0 Å². The number of aromatic nitrogens is 3. The lowest BCUT2D eigenvalue weighted by atomic mass is 10.1. The van der Waals surface area contributed by atoms with E-state index in [1.54, 1.807) is 0 Å². The Labute approximate surface area is 114 Å². The highest BCUT2D eigenvalue weighted by Crippen LogP contribution is 2.17. The molecule has 0 aromatic carbocycles. The number of likely N-dealkylation sites (N-methyl/N-ethyl adjacent to an activating group) is 1. The molecule has 2 heterocycles. The summed E-state index contributed by atoms with van der Waals surface area (Å²) in [6.45, 7) is 10.4. The fourth-order valence-corrected chi connectivity index (χ4v) is 2.29. The van der Waals surface area contributed by atoms with E-state index in [-0.39, 0.29) is 0 Å². The van der Waals surface area contributed by atoms with Gasteiger partial charge in [-0.25, -0.2) is 9.67 Å². The number of pyridine rings is 1. The van der Waals surface area contributed by atoms with Crippen LogP contribution in [0.4, 0.5) is 0 Å². The quantitative estimate of drug-likeness (QED) is 0.837. The Morgan fingerprint density at radius 2 is 2.05 bits per heavy atom. The molecule has 1 N–H and O–H groups in total. The summed E-state index contributed by atoms with van der Waals surface area (Å²) in [5.41, 5.74) is 4.81. The fraction of sp³-hybridized carbons (Fsp3) is 0.467. The Morgan fingerprint density at radius 3 is 2.74 bits per heavy atom. The number of nitrogens with one attached hydrogen (secondary N) is 1. The second-order valence-electron chi connectivity index (χ2n) is 4.86. The number of hydrogen-bond acceptors (Lipinski definition) is 3. The molecule has 0 unspecified atom stereocenters. The smallest absolute Gasteiger partial charge is 0.153 e. The molecule has 4 heteroatoms. The van der Waals surface area contributed by atoms with Crippen molar-refractivity contribution in [2.24, 2.45) is 0 Å². The molecular weight excluding hydrogens is 236 g/mol. The van der Waals surface area contributed by atoms with Gasteiger partial charge in [0.25, 0.3) is 0 Å². The van der Waals surface area contributed by atoms with E-state index in [9.17, 15) is 0 Å².